The number of hydrogen-bond donors (Lipinski definition) is 0. The summed E-state index contributed by atoms with van der Waals surface area (Å²) in [5, 5.41) is 0. The second-order valence-corrected chi connectivity index (χ2v) is 5.40. The summed E-state index contributed by atoms with van der Waals surface area (Å²) in [6.45, 7) is 5.46. The zero-order valence-corrected chi connectivity index (χ0v) is 10.2. The van der Waals surface area contributed by atoms with Crippen LogP contribution in [0.15, 0.2) is 12.3 Å². The van der Waals surface area contributed by atoms with Gasteiger partial charge in [-0.25, -0.2) is 0 Å². The molecule has 0 unspecified atom stereocenters. The molecule has 0 N–H and O–H groups in total. The van der Waals surface area contributed by atoms with Gasteiger partial charge in [0.05, 0.1) is 3.55 Å². The molecule has 2 heteroatoms. The maximum Gasteiger partial charge on any atom is 0.0911 e. The molecule has 1 aliphatic rings. The third-order valence-electron chi connectivity index (χ3n) is 2.55. The van der Waals surface area contributed by atoms with Crippen molar-refractivity contribution in [1.29, 1.82) is 0 Å². The Morgan fingerprint density at radius 2 is 2.00 bits per heavy atom. The Hall–Kier alpha value is 0.270. The number of halogens is 1. The van der Waals surface area contributed by atoms with Gasteiger partial charge in [-0.1, -0.05) is 41.5 Å². The highest BCUT2D eigenvalue weighted by atomic mass is 127. The van der Waals surface area contributed by atoms with E-state index in [2.05, 4.69) is 53.6 Å². The zero-order chi connectivity index (χ0) is 9.03. The standard InChI is InChI=1S/C10H18IN/c1-3-9-12(4-2)10(11)7-5-6-8-10/h3,9H,4-8H2,1-2H3/b9-3-. The SMILES string of the molecule is C/C=C\N(CC)C1(I)CCCC1. The quantitative estimate of drug-likeness (QED) is 0.434. The van der Waals surface area contributed by atoms with Gasteiger partial charge in [-0.05, 0) is 32.9 Å². The lowest BCUT2D eigenvalue weighted by Gasteiger charge is -2.35. The topological polar surface area (TPSA) is 3.24 Å². The monoisotopic (exact) mass is 279 g/mol. The van der Waals surface area contributed by atoms with Crippen LogP contribution in [0.3, 0.4) is 0 Å². The maximum absolute atomic E-state index is 2.63. The molecule has 70 valence electrons. The fourth-order valence-electron chi connectivity index (χ4n) is 1.91. The summed E-state index contributed by atoms with van der Waals surface area (Å²) in [5.41, 5.74) is 0. The number of hydrogen-bond acceptors (Lipinski definition) is 1. The summed E-state index contributed by atoms with van der Waals surface area (Å²) in [4.78, 5) is 2.47. The molecule has 1 saturated carbocycles. The minimum atomic E-state index is 0.430. The van der Waals surface area contributed by atoms with Crippen LogP contribution in [0.5, 0.6) is 0 Å². The van der Waals surface area contributed by atoms with Crippen molar-refractivity contribution < 1.29 is 0 Å². The fraction of sp³-hybridized carbons (Fsp3) is 0.800. The van der Waals surface area contributed by atoms with Crippen LogP contribution in [-0.4, -0.2) is 15.0 Å². The van der Waals surface area contributed by atoms with Gasteiger partial charge in [0.2, 0.25) is 0 Å². The Morgan fingerprint density at radius 1 is 1.42 bits per heavy atom. The van der Waals surface area contributed by atoms with Crippen molar-refractivity contribution in [3.63, 3.8) is 0 Å². The average Bonchev–Trinajstić information content (AvgIpc) is 2.49. The summed E-state index contributed by atoms with van der Waals surface area (Å²) < 4.78 is 0.430. The highest BCUT2D eigenvalue weighted by Crippen LogP contribution is 2.40. The first kappa shape index (κ1) is 10.4. The van der Waals surface area contributed by atoms with Crippen LogP contribution < -0.4 is 0 Å². The second kappa shape index (κ2) is 4.49. The van der Waals surface area contributed by atoms with Gasteiger partial charge in [0.15, 0.2) is 0 Å². The third-order valence-corrected chi connectivity index (χ3v) is 4.25. The largest absolute Gasteiger partial charge is 0.364 e. The van der Waals surface area contributed by atoms with Crippen molar-refractivity contribution in [3.8, 4) is 0 Å². The predicted molar refractivity (Wildman–Crippen MR) is 62.4 cm³/mol. The van der Waals surface area contributed by atoms with E-state index in [1.54, 1.807) is 0 Å². The number of nitrogens with zero attached hydrogens (tertiary/aromatic N) is 1. The van der Waals surface area contributed by atoms with Gasteiger partial charge in [0, 0.05) is 6.54 Å². The first-order valence-corrected chi connectivity index (χ1v) is 5.89. The predicted octanol–water partition coefficient (Wildman–Crippen LogP) is 3.55. The zero-order valence-electron chi connectivity index (χ0n) is 8.02. The molecule has 0 spiro atoms. The Kier molecular flexibility index (Phi) is 3.87. The van der Waals surface area contributed by atoms with E-state index in [1.807, 2.05) is 0 Å². The van der Waals surface area contributed by atoms with Crippen LogP contribution in [0, 0.1) is 0 Å². The van der Waals surface area contributed by atoms with Crippen LogP contribution >= 0.6 is 22.6 Å². The second-order valence-electron chi connectivity index (χ2n) is 3.39. The van der Waals surface area contributed by atoms with Crippen molar-refractivity contribution in [2.45, 2.75) is 43.1 Å². The highest BCUT2D eigenvalue weighted by molar-refractivity contribution is 14.1. The number of rotatable bonds is 3. The molecule has 0 aromatic carbocycles. The average molecular weight is 279 g/mol. The normalized spacial score (nSPS) is 21.9. The third kappa shape index (κ3) is 2.15. The molecular formula is C10H18IN. The minimum Gasteiger partial charge on any atom is -0.364 e. The lowest BCUT2D eigenvalue weighted by molar-refractivity contribution is 0.275. The lowest BCUT2D eigenvalue weighted by Crippen LogP contribution is -2.37. The molecular weight excluding hydrogens is 261 g/mol. The summed E-state index contributed by atoms with van der Waals surface area (Å²) in [6.07, 6.45) is 9.88. The van der Waals surface area contributed by atoms with Crippen molar-refractivity contribution in [2.75, 3.05) is 6.54 Å². The van der Waals surface area contributed by atoms with Gasteiger partial charge in [-0.15, -0.1) is 0 Å². The van der Waals surface area contributed by atoms with Crippen molar-refractivity contribution in [3.05, 3.63) is 12.3 Å². The molecule has 0 saturated heterocycles. The molecule has 0 aliphatic heterocycles. The first-order valence-electron chi connectivity index (χ1n) is 4.81. The van der Waals surface area contributed by atoms with Crippen LogP contribution in [-0.2, 0) is 0 Å². The van der Waals surface area contributed by atoms with E-state index in [0.717, 1.165) is 6.54 Å². The number of allylic oxidation sites excluding steroid dienone is 1. The van der Waals surface area contributed by atoms with Crippen LogP contribution in [0.1, 0.15) is 39.5 Å². The summed E-state index contributed by atoms with van der Waals surface area (Å²) in [7, 11) is 0. The molecule has 1 nitrogen and oxygen atoms in total. The van der Waals surface area contributed by atoms with E-state index in [1.165, 1.54) is 25.7 Å². The van der Waals surface area contributed by atoms with Gasteiger partial charge in [-0.3, -0.25) is 0 Å². The van der Waals surface area contributed by atoms with Gasteiger partial charge < -0.3 is 4.90 Å². The fourth-order valence-corrected chi connectivity index (χ4v) is 3.17. The smallest absolute Gasteiger partial charge is 0.0911 e. The van der Waals surface area contributed by atoms with Crippen LogP contribution in [0.25, 0.3) is 0 Å². The molecule has 0 heterocycles. The van der Waals surface area contributed by atoms with E-state index in [4.69, 9.17) is 0 Å². The van der Waals surface area contributed by atoms with Crippen LogP contribution in [0.4, 0.5) is 0 Å². The Morgan fingerprint density at radius 3 is 2.42 bits per heavy atom. The molecule has 0 atom stereocenters. The van der Waals surface area contributed by atoms with Gasteiger partial charge in [0.25, 0.3) is 0 Å². The summed E-state index contributed by atoms with van der Waals surface area (Å²) in [6, 6.07) is 0. The lowest BCUT2D eigenvalue weighted by atomic mass is 10.2. The summed E-state index contributed by atoms with van der Waals surface area (Å²) in [5.74, 6) is 0. The maximum atomic E-state index is 2.63. The highest BCUT2D eigenvalue weighted by Gasteiger charge is 2.34. The van der Waals surface area contributed by atoms with E-state index in [-0.39, 0.29) is 0 Å². The molecule has 0 bridgehead atoms. The molecule has 0 aromatic rings. The molecule has 12 heavy (non-hydrogen) atoms. The van der Waals surface area contributed by atoms with E-state index in [9.17, 15) is 0 Å². The molecule has 1 fully saturated rings. The first-order chi connectivity index (χ1) is 5.73. The molecule has 1 aliphatic carbocycles. The van der Waals surface area contributed by atoms with Gasteiger partial charge in [0.1, 0.15) is 0 Å². The van der Waals surface area contributed by atoms with Crippen LogP contribution in [0.2, 0.25) is 0 Å². The Labute approximate surface area is 89.3 Å². The summed E-state index contributed by atoms with van der Waals surface area (Å²) >= 11 is 2.63. The molecule has 1 rings (SSSR count). The Balaban J connectivity index is 2.62. The number of alkyl halides is 1. The van der Waals surface area contributed by atoms with Crippen molar-refractivity contribution >= 4 is 22.6 Å². The molecule has 0 aromatic heterocycles. The molecule has 0 radical (unpaired) electrons. The van der Waals surface area contributed by atoms with E-state index >= 15 is 0 Å². The molecule has 0 amide bonds. The van der Waals surface area contributed by atoms with Crippen molar-refractivity contribution in [2.24, 2.45) is 0 Å². The van der Waals surface area contributed by atoms with Crippen molar-refractivity contribution in [1.82, 2.24) is 4.90 Å². The van der Waals surface area contributed by atoms with Gasteiger partial charge in [-0.2, -0.15) is 0 Å². The van der Waals surface area contributed by atoms with E-state index in [0.29, 0.717) is 3.55 Å². The Bertz CT molecular complexity index is 159. The van der Waals surface area contributed by atoms with E-state index < -0.39 is 0 Å². The minimum absolute atomic E-state index is 0.430. The van der Waals surface area contributed by atoms with Gasteiger partial charge >= 0.3 is 0 Å².